The molecule has 0 saturated carbocycles. The third-order valence-electron chi connectivity index (χ3n) is 3.52. The predicted octanol–water partition coefficient (Wildman–Crippen LogP) is 3.46. The number of aryl methyl sites for hydroxylation is 1. The zero-order valence-electron chi connectivity index (χ0n) is 14.1. The van der Waals surface area contributed by atoms with Gasteiger partial charge in [0, 0.05) is 18.8 Å². The van der Waals surface area contributed by atoms with E-state index in [4.69, 9.17) is 0 Å². The van der Waals surface area contributed by atoms with Crippen molar-refractivity contribution in [1.29, 1.82) is 0 Å². The van der Waals surface area contributed by atoms with Gasteiger partial charge in [-0.05, 0) is 37.1 Å². The van der Waals surface area contributed by atoms with Crippen molar-refractivity contribution in [3.05, 3.63) is 53.1 Å². The van der Waals surface area contributed by atoms with Crippen LogP contribution in [-0.2, 0) is 6.54 Å². The highest BCUT2D eigenvalue weighted by molar-refractivity contribution is 5.92. The number of carbonyl (C=O) groups excluding carboxylic acids is 1. The molecule has 0 fully saturated rings. The van der Waals surface area contributed by atoms with Crippen molar-refractivity contribution < 1.29 is 9.18 Å². The molecule has 2 aromatic rings. The van der Waals surface area contributed by atoms with E-state index in [0.29, 0.717) is 30.4 Å². The normalized spacial score (nSPS) is 10.5. The molecule has 128 valence electrons. The zero-order chi connectivity index (χ0) is 17.4. The van der Waals surface area contributed by atoms with Gasteiger partial charge in [-0.15, -0.1) is 0 Å². The number of halogens is 1. The highest BCUT2D eigenvalue weighted by Crippen LogP contribution is 2.08. The summed E-state index contributed by atoms with van der Waals surface area (Å²) in [6.45, 7) is 5.04. The Morgan fingerprint density at radius 3 is 2.62 bits per heavy atom. The molecule has 24 heavy (non-hydrogen) atoms. The molecular formula is C18H23FN4O. The van der Waals surface area contributed by atoms with E-state index in [1.165, 1.54) is 12.1 Å². The lowest BCUT2D eigenvalue weighted by atomic mass is 10.2. The average Bonchev–Trinajstić information content (AvgIpc) is 2.57. The van der Waals surface area contributed by atoms with E-state index in [1.54, 1.807) is 18.2 Å². The number of rotatable bonds is 8. The van der Waals surface area contributed by atoms with Crippen molar-refractivity contribution in [1.82, 2.24) is 15.3 Å². The lowest BCUT2D eigenvalue weighted by Gasteiger charge is -2.09. The lowest BCUT2D eigenvalue weighted by Crippen LogP contribution is -2.26. The summed E-state index contributed by atoms with van der Waals surface area (Å²) in [5.74, 6) is -0.0768. The van der Waals surface area contributed by atoms with Gasteiger partial charge in [-0.3, -0.25) is 4.79 Å². The summed E-state index contributed by atoms with van der Waals surface area (Å²) < 4.78 is 12.9. The van der Waals surface area contributed by atoms with Gasteiger partial charge in [0.15, 0.2) is 0 Å². The number of nitrogens with zero attached hydrogens (tertiary/aromatic N) is 2. The van der Waals surface area contributed by atoms with E-state index in [-0.39, 0.29) is 11.7 Å². The summed E-state index contributed by atoms with van der Waals surface area (Å²) in [4.78, 5) is 20.7. The van der Waals surface area contributed by atoms with Gasteiger partial charge < -0.3 is 10.6 Å². The molecule has 2 rings (SSSR count). The minimum atomic E-state index is -0.271. The van der Waals surface area contributed by atoms with Crippen LogP contribution < -0.4 is 10.6 Å². The summed E-state index contributed by atoms with van der Waals surface area (Å²) in [5, 5.41) is 5.94. The Balaban J connectivity index is 1.97. The first-order valence-electron chi connectivity index (χ1n) is 8.20. The van der Waals surface area contributed by atoms with Crippen molar-refractivity contribution >= 4 is 11.9 Å². The van der Waals surface area contributed by atoms with E-state index < -0.39 is 0 Å². The van der Waals surface area contributed by atoms with E-state index in [0.717, 1.165) is 24.8 Å². The Morgan fingerprint density at radius 1 is 1.17 bits per heavy atom. The summed E-state index contributed by atoms with van der Waals surface area (Å²) >= 11 is 0. The molecule has 1 heterocycles. The highest BCUT2D eigenvalue weighted by Gasteiger charge is 2.10. The molecule has 0 saturated heterocycles. The van der Waals surface area contributed by atoms with Crippen LogP contribution in [0.5, 0.6) is 0 Å². The maximum Gasteiger partial charge on any atom is 0.270 e. The van der Waals surface area contributed by atoms with Crippen LogP contribution in [0.1, 0.15) is 47.9 Å². The number of anilines is 1. The molecule has 0 radical (unpaired) electrons. The minimum absolute atomic E-state index is 0.193. The molecule has 1 aromatic heterocycles. The lowest BCUT2D eigenvalue weighted by molar-refractivity contribution is 0.0948. The summed E-state index contributed by atoms with van der Waals surface area (Å²) in [6, 6.07) is 7.86. The molecule has 1 aromatic carbocycles. The Morgan fingerprint density at radius 2 is 1.92 bits per heavy atom. The molecule has 0 unspecified atom stereocenters. The van der Waals surface area contributed by atoms with Gasteiger partial charge >= 0.3 is 0 Å². The van der Waals surface area contributed by atoms with Gasteiger partial charge in [-0.25, -0.2) is 14.4 Å². The zero-order valence-corrected chi connectivity index (χ0v) is 14.1. The van der Waals surface area contributed by atoms with Crippen molar-refractivity contribution in [3.8, 4) is 0 Å². The van der Waals surface area contributed by atoms with E-state index in [1.807, 2.05) is 6.92 Å². The summed E-state index contributed by atoms with van der Waals surface area (Å²) in [5.41, 5.74) is 1.97. The van der Waals surface area contributed by atoms with Gasteiger partial charge in [0.2, 0.25) is 5.95 Å². The number of unbranched alkanes of at least 4 members (excludes halogenated alkanes) is 2. The molecule has 6 heteroatoms. The second-order valence-corrected chi connectivity index (χ2v) is 5.66. The van der Waals surface area contributed by atoms with E-state index in [9.17, 15) is 9.18 Å². The first kappa shape index (κ1) is 17.8. The third kappa shape index (κ3) is 5.61. The first-order chi connectivity index (χ1) is 11.6. The average molecular weight is 330 g/mol. The smallest absolute Gasteiger partial charge is 0.270 e. The Hall–Kier alpha value is -2.50. The van der Waals surface area contributed by atoms with Gasteiger partial charge in [0.05, 0.1) is 0 Å². The summed E-state index contributed by atoms with van der Waals surface area (Å²) in [6.07, 6.45) is 3.16. The number of hydrogen-bond acceptors (Lipinski definition) is 4. The molecular weight excluding hydrogens is 307 g/mol. The molecule has 5 nitrogen and oxygen atoms in total. The minimum Gasteiger partial charge on any atom is -0.351 e. The maximum atomic E-state index is 12.9. The third-order valence-corrected chi connectivity index (χ3v) is 3.52. The Labute approximate surface area is 141 Å². The Bertz CT molecular complexity index is 673. The number of nitrogens with one attached hydrogen (secondary N) is 2. The molecule has 0 aliphatic rings. The van der Waals surface area contributed by atoms with E-state index in [2.05, 4.69) is 27.5 Å². The predicted molar refractivity (Wildman–Crippen MR) is 92.4 cm³/mol. The number of aromatic nitrogens is 2. The highest BCUT2D eigenvalue weighted by atomic mass is 19.1. The van der Waals surface area contributed by atoms with Crippen molar-refractivity contribution in [2.75, 3.05) is 11.9 Å². The number of hydrogen-bond donors (Lipinski definition) is 2. The molecule has 0 spiro atoms. The number of benzene rings is 1. The van der Waals surface area contributed by atoms with Crippen LogP contribution in [0, 0.1) is 12.7 Å². The topological polar surface area (TPSA) is 66.9 Å². The fraction of sp³-hybridized carbons (Fsp3) is 0.389. The van der Waals surface area contributed by atoms with Gasteiger partial charge in [-0.1, -0.05) is 31.9 Å². The second kappa shape index (κ2) is 8.96. The van der Waals surface area contributed by atoms with Crippen molar-refractivity contribution in [2.45, 2.75) is 39.7 Å². The number of carbonyl (C=O) groups is 1. The fourth-order valence-corrected chi connectivity index (χ4v) is 2.21. The van der Waals surface area contributed by atoms with Crippen LogP contribution in [0.2, 0.25) is 0 Å². The van der Waals surface area contributed by atoms with Crippen LogP contribution in [0.15, 0.2) is 30.3 Å². The van der Waals surface area contributed by atoms with Crippen LogP contribution in [0.4, 0.5) is 10.3 Å². The van der Waals surface area contributed by atoms with Crippen molar-refractivity contribution in [2.24, 2.45) is 0 Å². The van der Waals surface area contributed by atoms with Gasteiger partial charge in [-0.2, -0.15) is 0 Å². The molecule has 0 bridgehead atoms. The first-order valence-corrected chi connectivity index (χ1v) is 8.20. The van der Waals surface area contributed by atoms with Crippen molar-refractivity contribution in [3.63, 3.8) is 0 Å². The maximum absolute atomic E-state index is 12.9. The van der Waals surface area contributed by atoms with Crippen LogP contribution >= 0.6 is 0 Å². The van der Waals surface area contributed by atoms with E-state index >= 15 is 0 Å². The second-order valence-electron chi connectivity index (χ2n) is 5.66. The molecule has 0 atom stereocenters. The fourth-order valence-electron chi connectivity index (χ4n) is 2.21. The Kier molecular flexibility index (Phi) is 6.66. The summed E-state index contributed by atoms with van der Waals surface area (Å²) in [7, 11) is 0. The molecule has 1 amide bonds. The molecule has 0 aliphatic carbocycles. The van der Waals surface area contributed by atoms with Gasteiger partial charge in [0.25, 0.3) is 5.91 Å². The quantitative estimate of drug-likeness (QED) is 0.728. The van der Waals surface area contributed by atoms with Crippen LogP contribution in [-0.4, -0.2) is 22.4 Å². The monoisotopic (exact) mass is 330 g/mol. The standard InChI is InChI=1S/C18H23FN4O/c1-3-4-5-10-20-17(24)16-11-13(2)22-18(23-16)21-12-14-6-8-15(19)9-7-14/h6-9,11H,3-5,10,12H2,1-2H3,(H,20,24)(H,21,22,23). The van der Waals surface area contributed by atoms with Gasteiger partial charge in [0.1, 0.15) is 11.5 Å². The number of amides is 1. The molecule has 0 aliphatic heterocycles. The largest absolute Gasteiger partial charge is 0.351 e. The van der Waals surface area contributed by atoms with Crippen LogP contribution in [0.3, 0.4) is 0 Å². The van der Waals surface area contributed by atoms with Crippen LogP contribution in [0.25, 0.3) is 0 Å². The SMILES string of the molecule is CCCCCNC(=O)c1cc(C)nc(NCc2ccc(F)cc2)n1. The molecule has 2 N–H and O–H groups in total.